The summed E-state index contributed by atoms with van der Waals surface area (Å²) in [4.78, 5) is 48.5. The van der Waals surface area contributed by atoms with Crippen molar-refractivity contribution in [1.29, 1.82) is 0 Å². The van der Waals surface area contributed by atoms with Gasteiger partial charge in [0.15, 0.2) is 13.2 Å². The third kappa shape index (κ3) is 3.40. The van der Waals surface area contributed by atoms with E-state index in [4.69, 9.17) is 0 Å². The number of fused-ring (bicyclic) bond motifs is 1. The van der Waals surface area contributed by atoms with Gasteiger partial charge in [-0.25, -0.2) is 4.90 Å². The molecule has 2 N–H and O–H groups in total. The molecular formula is C15H19N4O5+. The first-order valence-corrected chi connectivity index (χ1v) is 7.46. The number of likely N-dealkylation sites (N-methyl/N-ethyl adjacent to an activating group) is 1. The Hall–Kier alpha value is -2.81. The predicted molar refractivity (Wildman–Crippen MR) is 83.5 cm³/mol. The number of nitrogens with zero attached hydrogens (tertiary/aromatic N) is 2. The molecule has 0 aliphatic carbocycles. The summed E-state index contributed by atoms with van der Waals surface area (Å²) in [5, 5.41) is 13.8. The summed E-state index contributed by atoms with van der Waals surface area (Å²) in [6, 6.07) is 3.95. The summed E-state index contributed by atoms with van der Waals surface area (Å²) >= 11 is 0. The Morgan fingerprint density at radius 3 is 2.58 bits per heavy atom. The highest BCUT2D eigenvalue weighted by molar-refractivity contribution is 6.23. The quantitative estimate of drug-likeness (QED) is 0.401. The van der Waals surface area contributed by atoms with Crippen LogP contribution in [0.25, 0.3) is 0 Å². The molecule has 0 aromatic heterocycles. The molecule has 24 heavy (non-hydrogen) atoms. The molecule has 0 spiro atoms. The van der Waals surface area contributed by atoms with E-state index in [-0.39, 0.29) is 42.0 Å². The predicted octanol–water partition coefficient (Wildman–Crippen LogP) is -0.812. The van der Waals surface area contributed by atoms with Gasteiger partial charge in [-0.2, -0.15) is 0 Å². The molecule has 1 atom stereocenters. The van der Waals surface area contributed by atoms with E-state index >= 15 is 0 Å². The van der Waals surface area contributed by atoms with Crippen LogP contribution in [-0.4, -0.2) is 53.8 Å². The zero-order valence-corrected chi connectivity index (χ0v) is 13.7. The number of carbonyl (C=O) groups is 3. The van der Waals surface area contributed by atoms with Crippen molar-refractivity contribution in [2.45, 2.75) is 19.9 Å². The molecular weight excluding hydrogens is 316 g/mol. The van der Waals surface area contributed by atoms with Crippen molar-refractivity contribution in [2.24, 2.45) is 0 Å². The first kappa shape index (κ1) is 17.5. The molecule has 1 aliphatic heterocycles. The third-order valence-corrected chi connectivity index (χ3v) is 3.51. The lowest BCUT2D eigenvalue weighted by molar-refractivity contribution is -0.878. The van der Waals surface area contributed by atoms with Crippen LogP contribution in [0.5, 0.6) is 0 Å². The fourth-order valence-corrected chi connectivity index (χ4v) is 2.58. The van der Waals surface area contributed by atoms with Crippen molar-refractivity contribution in [2.75, 3.05) is 20.3 Å². The van der Waals surface area contributed by atoms with Gasteiger partial charge in [-0.05, 0) is 19.9 Å². The van der Waals surface area contributed by atoms with E-state index in [9.17, 15) is 24.5 Å². The summed E-state index contributed by atoms with van der Waals surface area (Å²) in [6.07, 6.45) is 0. The Morgan fingerprint density at radius 2 is 2.00 bits per heavy atom. The second-order valence-corrected chi connectivity index (χ2v) is 6.01. The molecule has 1 aromatic rings. The third-order valence-electron chi connectivity index (χ3n) is 3.51. The highest BCUT2D eigenvalue weighted by Crippen LogP contribution is 2.29. The van der Waals surface area contributed by atoms with Crippen molar-refractivity contribution in [3.8, 4) is 0 Å². The zero-order valence-electron chi connectivity index (χ0n) is 13.7. The lowest BCUT2D eigenvalue weighted by Crippen LogP contribution is -3.12. The van der Waals surface area contributed by atoms with Gasteiger partial charge in [-0.1, -0.05) is 6.07 Å². The number of benzene rings is 1. The van der Waals surface area contributed by atoms with E-state index < -0.39 is 16.7 Å². The van der Waals surface area contributed by atoms with Gasteiger partial charge < -0.3 is 10.2 Å². The average molecular weight is 335 g/mol. The van der Waals surface area contributed by atoms with Gasteiger partial charge in [0.1, 0.15) is 5.56 Å². The van der Waals surface area contributed by atoms with Crippen LogP contribution >= 0.6 is 0 Å². The number of rotatable bonds is 6. The van der Waals surface area contributed by atoms with Gasteiger partial charge in [-0.3, -0.25) is 24.5 Å². The van der Waals surface area contributed by atoms with E-state index in [0.29, 0.717) is 4.90 Å². The molecule has 1 aliphatic rings. The Morgan fingerprint density at radius 1 is 1.33 bits per heavy atom. The van der Waals surface area contributed by atoms with Crippen LogP contribution in [0.4, 0.5) is 5.69 Å². The Bertz CT molecular complexity index is 716. The van der Waals surface area contributed by atoms with E-state index in [1.165, 1.54) is 18.2 Å². The number of nitro groups is 1. The molecule has 2 rings (SSSR count). The van der Waals surface area contributed by atoms with Crippen LogP contribution in [0.3, 0.4) is 0 Å². The number of imide groups is 1. The van der Waals surface area contributed by atoms with Crippen LogP contribution in [0.1, 0.15) is 34.6 Å². The number of hydrogen-bond donors (Lipinski definition) is 2. The first-order valence-electron chi connectivity index (χ1n) is 7.46. The fraction of sp³-hybridized carbons (Fsp3) is 0.400. The largest absolute Gasteiger partial charge is 0.349 e. The van der Waals surface area contributed by atoms with Crippen LogP contribution < -0.4 is 10.2 Å². The molecule has 1 aromatic carbocycles. The molecule has 0 bridgehead atoms. The number of quaternary nitrogens is 1. The molecule has 3 amide bonds. The van der Waals surface area contributed by atoms with Crippen LogP contribution in [0.2, 0.25) is 0 Å². The molecule has 1 heterocycles. The van der Waals surface area contributed by atoms with Crippen LogP contribution in [0.15, 0.2) is 18.2 Å². The Labute approximate surface area is 138 Å². The standard InChI is InChI=1S/C15H18N4O5/c1-9(2)16-12(20)7-17(3)8-18-14(21)10-5-4-6-11(19(23)24)13(10)15(18)22/h4-6,9H,7-8H2,1-3H3,(H,16,20)/p+1. The van der Waals surface area contributed by atoms with Crippen molar-refractivity contribution < 1.29 is 24.2 Å². The molecule has 9 nitrogen and oxygen atoms in total. The lowest BCUT2D eigenvalue weighted by Gasteiger charge is -2.20. The Kier molecular flexibility index (Phi) is 4.93. The summed E-state index contributed by atoms with van der Waals surface area (Å²) < 4.78 is 0. The summed E-state index contributed by atoms with van der Waals surface area (Å²) in [6.45, 7) is 3.69. The minimum Gasteiger partial charge on any atom is -0.349 e. The highest BCUT2D eigenvalue weighted by atomic mass is 16.6. The summed E-state index contributed by atoms with van der Waals surface area (Å²) in [5.74, 6) is -1.49. The maximum Gasteiger partial charge on any atom is 0.282 e. The van der Waals surface area contributed by atoms with Gasteiger partial charge in [0.25, 0.3) is 23.4 Å². The second-order valence-electron chi connectivity index (χ2n) is 6.01. The lowest BCUT2D eigenvalue weighted by atomic mass is 10.1. The fourth-order valence-electron chi connectivity index (χ4n) is 2.58. The molecule has 128 valence electrons. The number of hydrogen-bond acceptors (Lipinski definition) is 5. The highest BCUT2D eigenvalue weighted by Gasteiger charge is 2.42. The second kappa shape index (κ2) is 6.75. The van der Waals surface area contributed by atoms with Gasteiger partial charge in [-0.15, -0.1) is 0 Å². The zero-order chi connectivity index (χ0) is 18.0. The van der Waals surface area contributed by atoms with E-state index in [1.54, 1.807) is 7.05 Å². The monoisotopic (exact) mass is 335 g/mol. The number of carbonyl (C=O) groups excluding carboxylic acids is 3. The molecule has 0 saturated heterocycles. The molecule has 9 heteroatoms. The molecule has 0 saturated carbocycles. The summed E-state index contributed by atoms with van der Waals surface area (Å²) in [7, 11) is 1.66. The first-order chi connectivity index (χ1) is 11.2. The Balaban J connectivity index is 2.15. The minimum absolute atomic E-state index is 0.00717. The van der Waals surface area contributed by atoms with Crippen LogP contribution in [-0.2, 0) is 4.79 Å². The smallest absolute Gasteiger partial charge is 0.282 e. The molecule has 1 unspecified atom stereocenters. The maximum absolute atomic E-state index is 12.4. The van der Waals surface area contributed by atoms with E-state index in [1.807, 2.05) is 13.8 Å². The van der Waals surface area contributed by atoms with E-state index in [0.717, 1.165) is 4.90 Å². The van der Waals surface area contributed by atoms with Crippen LogP contribution in [0, 0.1) is 10.1 Å². The maximum atomic E-state index is 12.4. The molecule has 0 fully saturated rings. The number of amides is 3. The van der Waals surface area contributed by atoms with Crippen molar-refractivity contribution in [1.82, 2.24) is 10.2 Å². The number of nitrogens with one attached hydrogen (secondary N) is 2. The van der Waals surface area contributed by atoms with E-state index in [2.05, 4.69) is 5.32 Å². The normalized spacial score (nSPS) is 14.8. The van der Waals surface area contributed by atoms with Crippen molar-refractivity contribution in [3.05, 3.63) is 39.4 Å². The van der Waals surface area contributed by atoms with Crippen molar-refractivity contribution >= 4 is 23.4 Å². The van der Waals surface area contributed by atoms with Crippen molar-refractivity contribution in [3.63, 3.8) is 0 Å². The van der Waals surface area contributed by atoms with Gasteiger partial charge in [0.05, 0.1) is 17.5 Å². The molecule has 0 radical (unpaired) electrons. The topological polar surface area (TPSA) is 114 Å². The number of nitro benzene ring substituents is 1. The summed E-state index contributed by atoms with van der Waals surface area (Å²) in [5.41, 5.74) is -0.552. The van der Waals surface area contributed by atoms with Gasteiger partial charge in [0, 0.05) is 12.1 Å². The van der Waals surface area contributed by atoms with Gasteiger partial charge >= 0.3 is 0 Å². The average Bonchev–Trinajstić information content (AvgIpc) is 2.71. The SMILES string of the molecule is CC(C)NC(=O)C[NH+](C)CN1C(=O)c2cccc([N+](=O)[O-])c2C1=O. The van der Waals surface area contributed by atoms with Gasteiger partial charge in [0.2, 0.25) is 0 Å². The minimum atomic E-state index is -0.703.